The first-order chi connectivity index (χ1) is 8.56. The van der Waals surface area contributed by atoms with E-state index in [4.69, 9.17) is 4.74 Å². The van der Waals surface area contributed by atoms with Gasteiger partial charge < -0.3 is 9.84 Å². The monoisotopic (exact) mass is 314 g/mol. The van der Waals surface area contributed by atoms with Crippen LogP contribution < -0.4 is 4.74 Å². The Hall–Kier alpha value is -1.62. The van der Waals surface area contributed by atoms with E-state index in [1.165, 1.54) is 18.2 Å². The lowest BCUT2D eigenvalue weighted by Crippen LogP contribution is -1.99. The average Bonchev–Trinajstić information content (AvgIpc) is 2.32. The van der Waals surface area contributed by atoms with Crippen LogP contribution in [0.25, 0.3) is 0 Å². The summed E-state index contributed by atoms with van der Waals surface area (Å²) in [4.78, 5) is 0. The summed E-state index contributed by atoms with van der Waals surface area (Å²) in [7, 11) is 0. The molecular weight excluding hydrogens is 306 g/mol. The van der Waals surface area contributed by atoms with Crippen molar-refractivity contribution in [3.63, 3.8) is 0 Å². The summed E-state index contributed by atoms with van der Waals surface area (Å²) < 4.78 is 32.1. The van der Waals surface area contributed by atoms with Gasteiger partial charge in [0, 0.05) is 4.47 Å². The second-order valence-electron chi connectivity index (χ2n) is 3.66. The number of ether oxygens (including phenoxy) is 1. The molecule has 0 bridgehead atoms. The molecule has 0 unspecified atom stereocenters. The maximum atomic E-state index is 13.4. The lowest BCUT2D eigenvalue weighted by atomic mass is 10.2. The van der Waals surface area contributed by atoms with Crippen LogP contribution in [-0.2, 0) is 6.61 Å². The van der Waals surface area contributed by atoms with Crippen LogP contribution in [0, 0.1) is 11.6 Å². The van der Waals surface area contributed by atoms with Gasteiger partial charge in [-0.1, -0.05) is 28.1 Å². The van der Waals surface area contributed by atoms with Crippen LogP contribution in [0.1, 0.15) is 5.56 Å². The quantitative estimate of drug-likeness (QED) is 0.867. The third-order valence-corrected chi connectivity index (χ3v) is 2.72. The Morgan fingerprint density at radius 2 is 1.94 bits per heavy atom. The summed E-state index contributed by atoms with van der Waals surface area (Å²) in [5.41, 5.74) is 0.662. The molecule has 1 N–H and O–H groups in total. The Morgan fingerprint density at radius 3 is 2.67 bits per heavy atom. The largest absolute Gasteiger partial charge is 0.508 e. The van der Waals surface area contributed by atoms with Crippen LogP contribution >= 0.6 is 15.9 Å². The minimum Gasteiger partial charge on any atom is -0.508 e. The van der Waals surface area contributed by atoms with E-state index < -0.39 is 11.6 Å². The first kappa shape index (κ1) is 12.8. The SMILES string of the molecule is Oc1cccc(COc2cc(Br)cc(F)c2F)c1. The molecule has 0 saturated heterocycles. The summed E-state index contributed by atoms with van der Waals surface area (Å²) in [6.45, 7) is 0.0429. The highest BCUT2D eigenvalue weighted by Gasteiger charge is 2.11. The molecule has 94 valence electrons. The Labute approximate surface area is 111 Å². The Kier molecular flexibility index (Phi) is 3.81. The molecule has 0 spiro atoms. The zero-order chi connectivity index (χ0) is 13.1. The second-order valence-corrected chi connectivity index (χ2v) is 4.57. The average molecular weight is 315 g/mol. The van der Waals surface area contributed by atoms with E-state index >= 15 is 0 Å². The third-order valence-electron chi connectivity index (χ3n) is 2.26. The fourth-order valence-electron chi connectivity index (χ4n) is 1.44. The highest BCUT2D eigenvalue weighted by atomic mass is 79.9. The van der Waals surface area contributed by atoms with E-state index in [0.717, 1.165) is 6.07 Å². The standard InChI is InChI=1S/C13H9BrF2O2/c14-9-5-11(15)13(16)12(6-9)18-7-8-2-1-3-10(17)4-8/h1-6,17H,7H2. The van der Waals surface area contributed by atoms with Crippen molar-refractivity contribution in [1.29, 1.82) is 0 Å². The van der Waals surface area contributed by atoms with Crippen molar-refractivity contribution >= 4 is 15.9 Å². The molecule has 0 aliphatic heterocycles. The number of phenolic OH excluding ortho intramolecular Hbond substituents is 1. The van der Waals surface area contributed by atoms with Gasteiger partial charge in [0.1, 0.15) is 12.4 Å². The smallest absolute Gasteiger partial charge is 0.200 e. The highest BCUT2D eigenvalue weighted by molar-refractivity contribution is 9.10. The molecule has 0 aliphatic rings. The zero-order valence-corrected chi connectivity index (χ0v) is 10.7. The normalized spacial score (nSPS) is 10.4. The molecule has 0 amide bonds. The molecule has 2 aromatic carbocycles. The Balaban J connectivity index is 2.15. The number of aromatic hydroxyl groups is 1. The van der Waals surface area contributed by atoms with Crippen LogP contribution in [0.3, 0.4) is 0 Å². The van der Waals surface area contributed by atoms with Crippen molar-refractivity contribution in [2.24, 2.45) is 0 Å². The maximum Gasteiger partial charge on any atom is 0.200 e. The van der Waals surface area contributed by atoms with Crippen molar-refractivity contribution in [2.75, 3.05) is 0 Å². The fraction of sp³-hybridized carbons (Fsp3) is 0.0769. The molecule has 0 fully saturated rings. The van der Waals surface area contributed by atoms with Crippen LogP contribution in [-0.4, -0.2) is 5.11 Å². The molecule has 0 heterocycles. The van der Waals surface area contributed by atoms with Crippen molar-refractivity contribution in [2.45, 2.75) is 6.61 Å². The summed E-state index contributed by atoms with van der Waals surface area (Å²) in [5.74, 6) is -2.09. The summed E-state index contributed by atoms with van der Waals surface area (Å²) in [6, 6.07) is 8.74. The van der Waals surface area contributed by atoms with E-state index in [0.29, 0.717) is 10.0 Å². The fourth-order valence-corrected chi connectivity index (χ4v) is 1.85. The molecule has 0 atom stereocenters. The van der Waals surface area contributed by atoms with Gasteiger partial charge in [0.15, 0.2) is 11.6 Å². The highest BCUT2D eigenvalue weighted by Crippen LogP contribution is 2.26. The predicted octanol–water partition coefficient (Wildman–Crippen LogP) is 4.01. The number of phenols is 1. The van der Waals surface area contributed by atoms with Gasteiger partial charge in [-0.2, -0.15) is 4.39 Å². The lowest BCUT2D eigenvalue weighted by molar-refractivity contribution is 0.284. The van der Waals surface area contributed by atoms with E-state index in [2.05, 4.69) is 15.9 Å². The van der Waals surface area contributed by atoms with Gasteiger partial charge in [-0.25, -0.2) is 4.39 Å². The molecular formula is C13H9BrF2O2. The molecule has 0 saturated carbocycles. The minimum absolute atomic E-state index is 0.0429. The van der Waals surface area contributed by atoms with Gasteiger partial charge in [0.2, 0.25) is 5.82 Å². The van der Waals surface area contributed by atoms with Crippen LogP contribution in [0.15, 0.2) is 40.9 Å². The van der Waals surface area contributed by atoms with Gasteiger partial charge in [0.25, 0.3) is 0 Å². The van der Waals surface area contributed by atoms with E-state index in [1.807, 2.05) is 0 Å². The number of benzene rings is 2. The van der Waals surface area contributed by atoms with E-state index in [9.17, 15) is 13.9 Å². The molecule has 0 aromatic heterocycles. The number of hydrogen-bond acceptors (Lipinski definition) is 2. The Bertz CT molecular complexity index is 573. The van der Waals surface area contributed by atoms with Crippen LogP contribution in [0.2, 0.25) is 0 Å². The van der Waals surface area contributed by atoms with Gasteiger partial charge in [0.05, 0.1) is 0 Å². The number of rotatable bonds is 3. The zero-order valence-electron chi connectivity index (χ0n) is 9.16. The summed E-state index contributed by atoms with van der Waals surface area (Å²) in [6.07, 6.45) is 0. The van der Waals surface area contributed by atoms with Crippen LogP contribution in [0.5, 0.6) is 11.5 Å². The molecule has 0 radical (unpaired) electrons. The lowest BCUT2D eigenvalue weighted by Gasteiger charge is -2.08. The molecule has 0 aliphatic carbocycles. The third kappa shape index (κ3) is 2.98. The molecule has 2 nitrogen and oxygen atoms in total. The molecule has 18 heavy (non-hydrogen) atoms. The molecule has 2 rings (SSSR count). The van der Waals surface area contributed by atoms with Gasteiger partial charge in [-0.3, -0.25) is 0 Å². The molecule has 5 heteroatoms. The van der Waals surface area contributed by atoms with E-state index in [-0.39, 0.29) is 18.1 Å². The van der Waals surface area contributed by atoms with Crippen LogP contribution in [0.4, 0.5) is 8.78 Å². The van der Waals surface area contributed by atoms with Gasteiger partial charge in [-0.05, 0) is 29.8 Å². The summed E-state index contributed by atoms with van der Waals surface area (Å²) >= 11 is 3.06. The molecule has 2 aromatic rings. The van der Waals surface area contributed by atoms with Gasteiger partial charge >= 0.3 is 0 Å². The Morgan fingerprint density at radius 1 is 1.17 bits per heavy atom. The van der Waals surface area contributed by atoms with Gasteiger partial charge in [-0.15, -0.1) is 0 Å². The summed E-state index contributed by atoms with van der Waals surface area (Å²) in [5, 5.41) is 9.26. The minimum atomic E-state index is -1.03. The van der Waals surface area contributed by atoms with E-state index in [1.54, 1.807) is 12.1 Å². The first-order valence-corrected chi connectivity index (χ1v) is 5.91. The number of hydrogen-bond donors (Lipinski definition) is 1. The topological polar surface area (TPSA) is 29.5 Å². The predicted molar refractivity (Wildman–Crippen MR) is 66.5 cm³/mol. The number of halogens is 3. The van der Waals surface area contributed by atoms with Crippen molar-refractivity contribution in [3.8, 4) is 11.5 Å². The maximum absolute atomic E-state index is 13.4. The second kappa shape index (κ2) is 5.35. The van der Waals surface area contributed by atoms with Crippen molar-refractivity contribution in [1.82, 2.24) is 0 Å². The van der Waals surface area contributed by atoms with Crippen molar-refractivity contribution < 1.29 is 18.6 Å². The van der Waals surface area contributed by atoms with Crippen molar-refractivity contribution in [3.05, 3.63) is 58.1 Å². The first-order valence-electron chi connectivity index (χ1n) is 5.11.